The van der Waals surface area contributed by atoms with E-state index in [0.29, 0.717) is 0 Å². The molecule has 0 atom stereocenters. The summed E-state index contributed by atoms with van der Waals surface area (Å²) in [6.07, 6.45) is 5.35. The predicted molar refractivity (Wildman–Crippen MR) is 56.2 cm³/mol. The van der Waals surface area contributed by atoms with Gasteiger partial charge in [0.15, 0.2) is 0 Å². The van der Waals surface area contributed by atoms with Crippen LogP contribution in [0.1, 0.15) is 19.8 Å². The van der Waals surface area contributed by atoms with Crippen molar-refractivity contribution in [1.29, 1.82) is 0 Å². The van der Waals surface area contributed by atoms with E-state index in [0.717, 1.165) is 38.4 Å². The topological polar surface area (TPSA) is 47.0 Å². The first-order valence-corrected chi connectivity index (χ1v) is 5.01. The number of nitrogens with one attached hydrogen (secondary N) is 1. The number of nitrogens with zero attached hydrogens (tertiary/aromatic N) is 2. The van der Waals surface area contributed by atoms with Crippen LogP contribution in [-0.2, 0) is 4.74 Å². The van der Waals surface area contributed by atoms with Gasteiger partial charge in [-0.1, -0.05) is 6.92 Å². The second kappa shape index (κ2) is 7.26. The molecular weight excluding hydrogens is 178 g/mol. The minimum absolute atomic E-state index is 0.811. The second-order valence-electron chi connectivity index (χ2n) is 2.99. The lowest BCUT2D eigenvalue weighted by Gasteiger charge is -2.04. The lowest BCUT2D eigenvalue weighted by Crippen LogP contribution is -2.07. The van der Waals surface area contributed by atoms with Crippen LogP contribution in [0.2, 0.25) is 0 Å². The maximum absolute atomic E-state index is 5.35. The Morgan fingerprint density at radius 3 is 3.07 bits per heavy atom. The van der Waals surface area contributed by atoms with Crippen molar-refractivity contribution in [3.63, 3.8) is 0 Å². The minimum Gasteiger partial charge on any atom is -0.381 e. The molecule has 0 spiro atoms. The van der Waals surface area contributed by atoms with Gasteiger partial charge in [-0.2, -0.15) is 0 Å². The van der Waals surface area contributed by atoms with Gasteiger partial charge in [0.2, 0.25) is 0 Å². The summed E-state index contributed by atoms with van der Waals surface area (Å²) in [5.41, 5.74) is 0. The van der Waals surface area contributed by atoms with E-state index in [-0.39, 0.29) is 0 Å². The Bertz CT molecular complexity index is 228. The first-order valence-electron chi connectivity index (χ1n) is 5.01. The van der Waals surface area contributed by atoms with Crippen molar-refractivity contribution in [1.82, 2.24) is 9.97 Å². The van der Waals surface area contributed by atoms with Crippen LogP contribution >= 0.6 is 0 Å². The van der Waals surface area contributed by atoms with E-state index in [1.54, 1.807) is 6.20 Å². The fourth-order valence-electron chi connectivity index (χ4n) is 1.03. The molecule has 0 aromatic carbocycles. The van der Waals surface area contributed by atoms with Crippen LogP contribution in [0.15, 0.2) is 18.6 Å². The highest BCUT2D eigenvalue weighted by atomic mass is 16.5. The monoisotopic (exact) mass is 195 g/mol. The van der Waals surface area contributed by atoms with Crippen LogP contribution in [0.25, 0.3) is 0 Å². The number of hydrogen-bond donors (Lipinski definition) is 1. The van der Waals surface area contributed by atoms with Gasteiger partial charge in [0.05, 0.1) is 0 Å². The molecule has 1 N–H and O–H groups in total. The van der Waals surface area contributed by atoms with E-state index < -0.39 is 0 Å². The van der Waals surface area contributed by atoms with E-state index in [1.807, 2.05) is 6.07 Å². The third-order valence-electron chi connectivity index (χ3n) is 1.70. The molecule has 14 heavy (non-hydrogen) atoms. The van der Waals surface area contributed by atoms with Gasteiger partial charge in [-0.05, 0) is 18.9 Å². The van der Waals surface area contributed by atoms with Crippen LogP contribution in [-0.4, -0.2) is 29.7 Å². The molecule has 0 bridgehead atoms. The summed E-state index contributed by atoms with van der Waals surface area (Å²) in [6, 6.07) is 1.85. The van der Waals surface area contributed by atoms with E-state index in [2.05, 4.69) is 22.2 Å². The quantitative estimate of drug-likeness (QED) is 0.673. The van der Waals surface area contributed by atoms with Crippen molar-refractivity contribution >= 4 is 5.82 Å². The van der Waals surface area contributed by atoms with E-state index in [1.165, 1.54) is 6.33 Å². The highest BCUT2D eigenvalue weighted by Crippen LogP contribution is 1.97. The van der Waals surface area contributed by atoms with Crippen molar-refractivity contribution in [2.24, 2.45) is 0 Å². The Kier molecular flexibility index (Phi) is 5.66. The highest BCUT2D eigenvalue weighted by Gasteiger charge is 1.91. The molecule has 4 nitrogen and oxygen atoms in total. The third-order valence-corrected chi connectivity index (χ3v) is 1.70. The Balaban J connectivity index is 1.99. The predicted octanol–water partition coefficient (Wildman–Crippen LogP) is 1.71. The van der Waals surface area contributed by atoms with Gasteiger partial charge >= 0.3 is 0 Å². The molecule has 1 heterocycles. The van der Waals surface area contributed by atoms with Gasteiger partial charge in [0, 0.05) is 26.0 Å². The Labute approximate surface area is 84.7 Å². The normalized spacial score (nSPS) is 10.1. The molecule has 0 aliphatic rings. The van der Waals surface area contributed by atoms with Gasteiger partial charge in [-0.15, -0.1) is 0 Å². The van der Waals surface area contributed by atoms with Gasteiger partial charge in [0.25, 0.3) is 0 Å². The summed E-state index contributed by atoms with van der Waals surface area (Å²) in [5.74, 6) is 0.871. The highest BCUT2D eigenvalue weighted by molar-refractivity contribution is 5.30. The zero-order valence-corrected chi connectivity index (χ0v) is 8.57. The Hall–Kier alpha value is -1.16. The molecule has 78 valence electrons. The van der Waals surface area contributed by atoms with Crippen LogP contribution in [0.5, 0.6) is 0 Å². The van der Waals surface area contributed by atoms with Gasteiger partial charge in [0.1, 0.15) is 12.1 Å². The smallest absolute Gasteiger partial charge is 0.129 e. The maximum atomic E-state index is 5.35. The van der Waals surface area contributed by atoms with Gasteiger partial charge in [-0.3, -0.25) is 0 Å². The molecule has 1 rings (SSSR count). The number of anilines is 1. The summed E-state index contributed by atoms with van der Waals surface area (Å²) in [4.78, 5) is 7.89. The zero-order valence-electron chi connectivity index (χ0n) is 8.57. The Morgan fingerprint density at radius 2 is 2.36 bits per heavy atom. The second-order valence-corrected chi connectivity index (χ2v) is 2.99. The number of rotatable bonds is 7. The van der Waals surface area contributed by atoms with Crippen molar-refractivity contribution in [2.75, 3.05) is 25.1 Å². The van der Waals surface area contributed by atoms with Crippen molar-refractivity contribution < 1.29 is 4.74 Å². The largest absolute Gasteiger partial charge is 0.381 e. The average Bonchev–Trinajstić information content (AvgIpc) is 2.25. The molecule has 0 fully saturated rings. The molecule has 4 heteroatoms. The summed E-state index contributed by atoms with van der Waals surface area (Å²) in [6.45, 7) is 4.67. The fourth-order valence-corrected chi connectivity index (χ4v) is 1.03. The molecule has 0 amide bonds. The summed E-state index contributed by atoms with van der Waals surface area (Å²) in [7, 11) is 0. The fraction of sp³-hybridized carbons (Fsp3) is 0.600. The maximum Gasteiger partial charge on any atom is 0.129 e. The lowest BCUT2D eigenvalue weighted by molar-refractivity contribution is 0.134. The first kappa shape index (κ1) is 10.9. The standard InChI is InChI=1S/C10H17N3O/c1-2-7-14-8-3-5-12-10-4-6-11-9-13-10/h4,6,9H,2-3,5,7-8H2,1H3,(H,11,12,13). The number of aromatic nitrogens is 2. The first-order chi connectivity index (χ1) is 6.93. The molecule has 1 aromatic rings. The van der Waals surface area contributed by atoms with Crippen molar-refractivity contribution in [3.8, 4) is 0 Å². The van der Waals surface area contributed by atoms with Crippen LogP contribution in [0, 0.1) is 0 Å². The van der Waals surface area contributed by atoms with Crippen LogP contribution < -0.4 is 5.32 Å². The summed E-state index contributed by atoms with van der Waals surface area (Å²) < 4.78 is 5.35. The van der Waals surface area contributed by atoms with Crippen LogP contribution in [0.4, 0.5) is 5.82 Å². The molecule has 0 radical (unpaired) electrons. The molecule has 1 aromatic heterocycles. The minimum atomic E-state index is 0.811. The van der Waals surface area contributed by atoms with Crippen molar-refractivity contribution in [3.05, 3.63) is 18.6 Å². The number of hydrogen-bond acceptors (Lipinski definition) is 4. The zero-order chi connectivity index (χ0) is 10.1. The molecule has 0 saturated heterocycles. The van der Waals surface area contributed by atoms with Crippen LogP contribution in [0.3, 0.4) is 0 Å². The van der Waals surface area contributed by atoms with E-state index >= 15 is 0 Å². The third kappa shape index (κ3) is 4.77. The molecule has 0 aliphatic carbocycles. The average molecular weight is 195 g/mol. The summed E-state index contributed by atoms with van der Waals surface area (Å²) in [5, 5.41) is 3.19. The summed E-state index contributed by atoms with van der Waals surface area (Å²) >= 11 is 0. The lowest BCUT2D eigenvalue weighted by atomic mass is 10.4. The van der Waals surface area contributed by atoms with Crippen molar-refractivity contribution in [2.45, 2.75) is 19.8 Å². The van der Waals surface area contributed by atoms with E-state index in [4.69, 9.17) is 4.74 Å². The van der Waals surface area contributed by atoms with Gasteiger partial charge < -0.3 is 10.1 Å². The Morgan fingerprint density at radius 1 is 1.43 bits per heavy atom. The number of ether oxygens (including phenoxy) is 1. The van der Waals surface area contributed by atoms with Gasteiger partial charge in [-0.25, -0.2) is 9.97 Å². The molecule has 0 saturated carbocycles. The molecule has 0 aliphatic heterocycles. The molecular formula is C10H17N3O. The SMILES string of the molecule is CCCOCCCNc1ccncn1. The molecule has 0 unspecified atom stereocenters. The van der Waals surface area contributed by atoms with E-state index in [9.17, 15) is 0 Å².